The summed E-state index contributed by atoms with van der Waals surface area (Å²) in [7, 11) is 0. The number of rotatable bonds is 4. The highest BCUT2D eigenvalue weighted by Gasteiger charge is 2.32. The molecule has 126 valence electrons. The van der Waals surface area contributed by atoms with Crippen molar-refractivity contribution in [1.82, 2.24) is 5.32 Å². The average Bonchev–Trinajstić information content (AvgIpc) is 2.48. The lowest BCUT2D eigenvalue weighted by Gasteiger charge is -2.34. The number of carbonyl (C=O) groups is 2. The molecule has 0 aromatic heterocycles. The van der Waals surface area contributed by atoms with Crippen molar-refractivity contribution in [2.75, 3.05) is 13.2 Å². The number of carbonyl (C=O) groups excluding carboxylic acids is 2. The van der Waals surface area contributed by atoms with Crippen LogP contribution in [0.1, 0.15) is 37.6 Å². The second-order valence-electron chi connectivity index (χ2n) is 6.74. The van der Waals surface area contributed by atoms with Crippen molar-refractivity contribution in [3.05, 3.63) is 29.8 Å². The smallest absolute Gasteiger partial charge is 0.248 e. The van der Waals surface area contributed by atoms with Crippen LogP contribution in [0.15, 0.2) is 24.3 Å². The Balaban J connectivity index is 2.03. The topological polar surface area (TPSA) is 90.7 Å². The van der Waals surface area contributed by atoms with Crippen LogP contribution in [0, 0.1) is 5.41 Å². The zero-order chi connectivity index (χ0) is 17.0. The summed E-state index contributed by atoms with van der Waals surface area (Å²) < 4.78 is 11.4. The Kier molecular flexibility index (Phi) is 5.26. The van der Waals surface area contributed by atoms with Gasteiger partial charge in [0.05, 0.1) is 12.6 Å². The van der Waals surface area contributed by atoms with Crippen LogP contribution >= 0.6 is 0 Å². The lowest BCUT2D eigenvalue weighted by molar-refractivity contribution is -0.131. The molecule has 2 amide bonds. The van der Waals surface area contributed by atoms with Gasteiger partial charge >= 0.3 is 0 Å². The van der Waals surface area contributed by atoms with Crippen molar-refractivity contribution in [3.63, 3.8) is 0 Å². The lowest BCUT2D eigenvalue weighted by Crippen LogP contribution is -2.53. The average molecular weight is 320 g/mol. The summed E-state index contributed by atoms with van der Waals surface area (Å²) in [5, 5.41) is 3.04. The fourth-order valence-electron chi connectivity index (χ4n) is 2.25. The molecule has 2 rings (SSSR count). The van der Waals surface area contributed by atoms with Gasteiger partial charge in [0.25, 0.3) is 0 Å². The van der Waals surface area contributed by atoms with Crippen molar-refractivity contribution >= 4 is 11.8 Å². The highest BCUT2D eigenvalue weighted by molar-refractivity contribution is 5.92. The Morgan fingerprint density at radius 2 is 1.91 bits per heavy atom. The van der Waals surface area contributed by atoms with Crippen molar-refractivity contribution < 1.29 is 19.1 Å². The van der Waals surface area contributed by atoms with Crippen LogP contribution in [0.25, 0.3) is 0 Å². The standard InChI is InChI=1S/C17H24N2O4/c1-17(2,3)16(21)19-13-8-9-22-10-14(13)23-12-6-4-11(5-7-12)15(18)20/h4-7,13-14H,8-10H2,1-3H3,(H2,18,20)(H,19,21)/t13-,14-/m1/s1. The maximum Gasteiger partial charge on any atom is 0.248 e. The van der Waals surface area contributed by atoms with E-state index >= 15 is 0 Å². The van der Waals surface area contributed by atoms with Crippen LogP contribution < -0.4 is 15.8 Å². The predicted molar refractivity (Wildman–Crippen MR) is 86.2 cm³/mol. The van der Waals surface area contributed by atoms with Crippen LogP contribution in [0.5, 0.6) is 5.75 Å². The molecule has 23 heavy (non-hydrogen) atoms. The number of amides is 2. The molecule has 0 spiro atoms. The normalized spacial score (nSPS) is 21.5. The van der Waals surface area contributed by atoms with Crippen molar-refractivity contribution in [2.45, 2.75) is 39.3 Å². The first-order chi connectivity index (χ1) is 10.8. The molecule has 1 fully saturated rings. The summed E-state index contributed by atoms with van der Waals surface area (Å²) in [6.07, 6.45) is 0.431. The van der Waals surface area contributed by atoms with Crippen LogP contribution in [0.2, 0.25) is 0 Å². The number of nitrogens with one attached hydrogen (secondary N) is 1. The van der Waals surface area contributed by atoms with E-state index in [1.807, 2.05) is 20.8 Å². The van der Waals surface area contributed by atoms with E-state index < -0.39 is 11.3 Å². The quantitative estimate of drug-likeness (QED) is 0.879. The van der Waals surface area contributed by atoms with E-state index in [1.54, 1.807) is 24.3 Å². The molecular formula is C17H24N2O4. The predicted octanol–water partition coefficient (Wildman–Crippen LogP) is 1.48. The van der Waals surface area contributed by atoms with Crippen molar-refractivity contribution in [1.29, 1.82) is 0 Å². The third-order valence-corrected chi connectivity index (χ3v) is 3.73. The second-order valence-corrected chi connectivity index (χ2v) is 6.74. The van der Waals surface area contributed by atoms with E-state index in [0.717, 1.165) is 0 Å². The molecule has 1 aromatic carbocycles. The third-order valence-electron chi connectivity index (χ3n) is 3.73. The minimum Gasteiger partial charge on any atom is -0.486 e. The van der Waals surface area contributed by atoms with E-state index in [4.69, 9.17) is 15.2 Å². The van der Waals surface area contributed by atoms with E-state index in [0.29, 0.717) is 30.9 Å². The Bertz CT molecular complexity index is 563. The Labute approximate surface area is 136 Å². The molecule has 6 heteroatoms. The summed E-state index contributed by atoms with van der Waals surface area (Å²) in [5.74, 6) is 0.121. The molecule has 1 aromatic rings. The minimum atomic E-state index is -0.479. The second kappa shape index (κ2) is 7.00. The Morgan fingerprint density at radius 1 is 1.26 bits per heavy atom. The summed E-state index contributed by atoms with van der Waals surface area (Å²) in [5.41, 5.74) is 5.19. The molecule has 0 aliphatic carbocycles. The molecule has 0 bridgehead atoms. The van der Waals surface area contributed by atoms with Crippen molar-refractivity contribution in [2.24, 2.45) is 11.1 Å². The Morgan fingerprint density at radius 3 is 2.48 bits per heavy atom. The monoisotopic (exact) mass is 320 g/mol. The maximum atomic E-state index is 12.2. The van der Waals surface area contributed by atoms with Gasteiger partial charge in [-0.1, -0.05) is 20.8 Å². The van der Waals surface area contributed by atoms with Gasteiger partial charge in [0.2, 0.25) is 11.8 Å². The molecule has 1 aliphatic heterocycles. The summed E-state index contributed by atoms with van der Waals surface area (Å²) in [4.78, 5) is 23.3. The fraction of sp³-hybridized carbons (Fsp3) is 0.529. The zero-order valence-corrected chi connectivity index (χ0v) is 13.8. The van der Waals surface area contributed by atoms with E-state index in [9.17, 15) is 9.59 Å². The molecule has 3 N–H and O–H groups in total. The molecule has 0 radical (unpaired) electrons. The molecule has 1 heterocycles. The molecular weight excluding hydrogens is 296 g/mol. The van der Waals surface area contributed by atoms with E-state index in [1.165, 1.54) is 0 Å². The van der Waals surface area contributed by atoms with Crippen LogP contribution in [0.3, 0.4) is 0 Å². The van der Waals surface area contributed by atoms with Gasteiger partial charge in [-0.15, -0.1) is 0 Å². The number of ether oxygens (including phenoxy) is 2. The van der Waals surface area contributed by atoms with Crippen LogP contribution in [-0.2, 0) is 9.53 Å². The van der Waals surface area contributed by atoms with Crippen LogP contribution in [-0.4, -0.2) is 37.2 Å². The van der Waals surface area contributed by atoms with Gasteiger partial charge < -0.3 is 20.5 Å². The SMILES string of the molecule is CC(C)(C)C(=O)N[C@@H]1CCOC[C@H]1Oc1ccc(C(N)=O)cc1. The number of nitrogens with two attached hydrogens (primary N) is 1. The first-order valence-corrected chi connectivity index (χ1v) is 7.72. The van der Waals surface area contributed by atoms with Gasteiger partial charge in [0.15, 0.2) is 0 Å². The minimum absolute atomic E-state index is 0.0120. The fourth-order valence-corrected chi connectivity index (χ4v) is 2.25. The number of hydrogen-bond acceptors (Lipinski definition) is 4. The molecule has 0 unspecified atom stereocenters. The first kappa shape index (κ1) is 17.3. The van der Waals surface area contributed by atoms with Crippen LogP contribution in [0.4, 0.5) is 0 Å². The zero-order valence-electron chi connectivity index (χ0n) is 13.8. The highest BCUT2D eigenvalue weighted by atomic mass is 16.5. The highest BCUT2D eigenvalue weighted by Crippen LogP contribution is 2.20. The van der Waals surface area contributed by atoms with Gasteiger partial charge in [-0.2, -0.15) is 0 Å². The van der Waals surface area contributed by atoms with Gasteiger partial charge in [-0.05, 0) is 30.7 Å². The summed E-state index contributed by atoms with van der Waals surface area (Å²) in [6, 6.07) is 6.51. The molecule has 2 atom stereocenters. The number of hydrogen-bond donors (Lipinski definition) is 2. The number of primary amides is 1. The van der Waals surface area contributed by atoms with Crippen molar-refractivity contribution in [3.8, 4) is 5.75 Å². The number of benzene rings is 1. The largest absolute Gasteiger partial charge is 0.486 e. The van der Waals surface area contributed by atoms with Gasteiger partial charge in [0.1, 0.15) is 11.9 Å². The lowest BCUT2D eigenvalue weighted by atomic mass is 9.94. The molecule has 1 saturated heterocycles. The summed E-state index contributed by atoms with van der Waals surface area (Å²) >= 11 is 0. The summed E-state index contributed by atoms with van der Waals surface area (Å²) in [6.45, 7) is 6.63. The Hall–Kier alpha value is -2.08. The van der Waals surface area contributed by atoms with E-state index in [2.05, 4.69) is 5.32 Å². The van der Waals surface area contributed by atoms with Gasteiger partial charge in [-0.3, -0.25) is 9.59 Å². The maximum absolute atomic E-state index is 12.2. The molecule has 6 nitrogen and oxygen atoms in total. The molecule has 1 aliphatic rings. The van der Waals surface area contributed by atoms with E-state index in [-0.39, 0.29) is 18.1 Å². The first-order valence-electron chi connectivity index (χ1n) is 7.72. The van der Waals surface area contributed by atoms with Gasteiger partial charge in [0, 0.05) is 17.6 Å². The van der Waals surface area contributed by atoms with Gasteiger partial charge in [-0.25, -0.2) is 0 Å². The third kappa shape index (κ3) is 4.69. The molecule has 0 saturated carbocycles.